The Labute approximate surface area is 112 Å². The van der Waals surface area contributed by atoms with Crippen molar-refractivity contribution in [1.29, 1.82) is 0 Å². The van der Waals surface area contributed by atoms with Crippen LogP contribution in [0.3, 0.4) is 0 Å². The Morgan fingerprint density at radius 1 is 1.67 bits per heavy atom. The lowest BCUT2D eigenvalue weighted by atomic mass is 10.2. The Bertz CT molecular complexity index is 427. The molecule has 1 aromatic heterocycles. The van der Waals surface area contributed by atoms with Crippen LogP contribution in [0.5, 0.6) is 0 Å². The molecule has 100 valence electrons. The lowest BCUT2D eigenvalue weighted by Gasteiger charge is -2.10. The molecule has 0 aliphatic heterocycles. The minimum atomic E-state index is -0.343. The van der Waals surface area contributed by atoms with Gasteiger partial charge in [0.05, 0.1) is 11.1 Å². The lowest BCUT2D eigenvalue weighted by molar-refractivity contribution is 0.0932. The van der Waals surface area contributed by atoms with Crippen molar-refractivity contribution in [2.24, 2.45) is 0 Å². The van der Waals surface area contributed by atoms with Gasteiger partial charge in [-0.2, -0.15) is 0 Å². The van der Waals surface area contributed by atoms with Gasteiger partial charge in [0.2, 0.25) is 0 Å². The van der Waals surface area contributed by atoms with E-state index < -0.39 is 0 Å². The standard InChI is InChI=1S/C13H19ClN2O2/c1-2-11(17)5-6-15-13(18)12-7-9(14)8-16(12)10-3-4-10/h7-8,10-11,17H,2-6H2,1H3,(H,15,18). The summed E-state index contributed by atoms with van der Waals surface area (Å²) in [5, 5.41) is 12.8. The van der Waals surface area contributed by atoms with Crippen LogP contribution in [0, 0.1) is 0 Å². The van der Waals surface area contributed by atoms with E-state index in [-0.39, 0.29) is 12.0 Å². The normalized spacial score (nSPS) is 16.6. The number of hydrogen-bond donors (Lipinski definition) is 2. The van der Waals surface area contributed by atoms with E-state index in [9.17, 15) is 9.90 Å². The second-order valence-corrected chi connectivity index (χ2v) is 5.23. The topological polar surface area (TPSA) is 54.3 Å². The molecule has 1 aliphatic rings. The third-order valence-corrected chi connectivity index (χ3v) is 3.43. The van der Waals surface area contributed by atoms with E-state index in [4.69, 9.17) is 11.6 Å². The number of carbonyl (C=O) groups is 1. The zero-order valence-corrected chi connectivity index (χ0v) is 11.3. The van der Waals surface area contributed by atoms with E-state index in [0.29, 0.717) is 36.1 Å². The Balaban J connectivity index is 1.92. The summed E-state index contributed by atoms with van der Waals surface area (Å²) in [5.74, 6) is -0.114. The number of nitrogens with one attached hydrogen (secondary N) is 1. The molecular formula is C13H19ClN2O2. The summed E-state index contributed by atoms with van der Waals surface area (Å²) in [6, 6.07) is 2.13. The molecule has 2 rings (SSSR count). The van der Waals surface area contributed by atoms with Crippen LogP contribution in [0.2, 0.25) is 5.02 Å². The summed E-state index contributed by atoms with van der Waals surface area (Å²) in [7, 11) is 0. The molecule has 1 fully saturated rings. The van der Waals surface area contributed by atoms with E-state index in [0.717, 1.165) is 12.8 Å². The first-order chi connectivity index (χ1) is 8.61. The average molecular weight is 271 g/mol. The molecule has 1 atom stereocenters. The van der Waals surface area contributed by atoms with Crippen molar-refractivity contribution in [3.8, 4) is 0 Å². The fourth-order valence-electron chi connectivity index (χ4n) is 1.93. The molecule has 0 saturated heterocycles. The van der Waals surface area contributed by atoms with Crippen molar-refractivity contribution in [2.75, 3.05) is 6.54 Å². The van der Waals surface area contributed by atoms with Crippen molar-refractivity contribution < 1.29 is 9.90 Å². The lowest BCUT2D eigenvalue weighted by Crippen LogP contribution is -2.28. The van der Waals surface area contributed by atoms with E-state index >= 15 is 0 Å². The number of amides is 1. The summed E-state index contributed by atoms with van der Waals surface area (Å²) in [6.07, 6.45) is 4.98. The minimum absolute atomic E-state index is 0.114. The highest BCUT2D eigenvalue weighted by atomic mass is 35.5. The van der Waals surface area contributed by atoms with Crippen molar-refractivity contribution in [3.05, 3.63) is 23.0 Å². The van der Waals surface area contributed by atoms with Crippen molar-refractivity contribution >= 4 is 17.5 Å². The largest absolute Gasteiger partial charge is 0.393 e. The SMILES string of the molecule is CCC(O)CCNC(=O)c1cc(Cl)cn1C1CC1. The molecule has 18 heavy (non-hydrogen) atoms. The predicted molar refractivity (Wildman–Crippen MR) is 71.0 cm³/mol. The highest BCUT2D eigenvalue weighted by Gasteiger charge is 2.27. The van der Waals surface area contributed by atoms with Gasteiger partial charge >= 0.3 is 0 Å². The Kier molecular flexibility index (Phi) is 4.30. The number of aliphatic hydroxyl groups excluding tert-OH is 1. The Morgan fingerprint density at radius 3 is 3.00 bits per heavy atom. The summed E-state index contributed by atoms with van der Waals surface area (Å²) in [6.45, 7) is 2.41. The van der Waals surface area contributed by atoms with Crippen molar-refractivity contribution in [1.82, 2.24) is 9.88 Å². The number of nitrogens with zero attached hydrogens (tertiary/aromatic N) is 1. The fraction of sp³-hybridized carbons (Fsp3) is 0.615. The van der Waals surface area contributed by atoms with Crippen LogP contribution in [0.25, 0.3) is 0 Å². The quantitative estimate of drug-likeness (QED) is 0.834. The van der Waals surface area contributed by atoms with Crippen LogP contribution in [-0.4, -0.2) is 28.2 Å². The molecule has 1 amide bonds. The van der Waals surface area contributed by atoms with E-state index in [1.54, 1.807) is 6.07 Å². The van der Waals surface area contributed by atoms with Gasteiger partial charge in [-0.3, -0.25) is 4.79 Å². The first-order valence-corrected chi connectivity index (χ1v) is 6.83. The van der Waals surface area contributed by atoms with Crippen LogP contribution in [-0.2, 0) is 0 Å². The van der Waals surface area contributed by atoms with Crippen LogP contribution in [0.4, 0.5) is 0 Å². The van der Waals surface area contributed by atoms with Gasteiger partial charge in [-0.15, -0.1) is 0 Å². The molecule has 1 saturated carbocycles. The maximum Gasteiger partial charge on any atom is 0.267 e. The summed E-state index contributed by atoms with van der Waals surface area (Å²) in [5.41, 5.74) is 0.619. The maximum atomic E-state index is 12.0. The molecular weight excluding hydrogens is 252 g/mol. The average Bonchev–Trinajstić information content (AvgIpc) is 3.12. The molecule has 1 unspecified atom stereocenters. The van der Waals surface area contributed by atoms with Gasteiger partial charge in [-0.25, -0.2) is 0 Å². The summed E-state index contributed by atoms with van der Waals surface area (Å²) in [4.78, 5) is 12.0. The van der Waals surface area contributed by atoms with Crippen molar-refractivity contribution in [3.63, 3.8) is 0 Å². The molecule has 1 aromatic rings. The zero-order chi connectivity index (χ0) is 13.1. The van der Waals surface area contributed by atoms with Gasteiger partial charge in [0.25, 0.3) is 5.91 Å². The maximum absolute atomic E-state index is 12.0. The molecule has 0 radical (unpaired) electrons. The van der Waals surface area contributed by atoms with Gasteiger partial charge in [0.15, 0.2) is 0 Å². The second-order valence-electron chi connectivity index (χ2n) is 4.79. The molecule has 0 bridgehead atoms. The predicted octanol–water partition coefficient (Wildman–Crippen LogP) is 2.37. The van der Waals surface area contributed by atoms with Gasteiger partial charge in [0, 0.05) is 18.8 Å². The molecule has 1 aliphatic carbocycles. The van der Waals surface area contributed by atoms with Crippen LogP contribution in [0.1, 0.15) is 49.1 Å². The number of rotatable bonds is 6. The van der Waals surface area contributed by atoms with Gasteiger partial charge < -0.3 is 15.0 Å². The molecule has 0 spiro atoms. The fourth-order valence-corrected chi connectivity index (χ4v) is 2.14. The third kappa shape index (κ3) is 3.27. The molecule has 1 heterocycles. The summed E-state index contributed by atoms with van der Waals surface area (Å²) >= 11 is 5.95. The number of hydrogen-bond acceptors (Lipinski definition) is 2. The number of aliphatic hydroxyl groups is 1. The minimum Gasteiger partial charge on any atom is -0.393 e. The Hall–Kier alpha value is -1.00. The number of carbonyl (C=O) groups excluding carboxylic acids is 1. The zero-order valence-electron chi connectivity index (χ0n) is 10.5. The van der Waals surface area contributed by atoms with Gasteiger partial charge in [-0.05, 0) is 31.7 Å². The monoisotopic (exact) mass is 270 g/mol. The Morgan fingerprint density at radius 2 is 2.39 bits per heavy atom. The smallest absolute Gasteiger partial charge is 0.267 e. The van der Waals surface area contributed by atoms with Crippen LogP contribution < -0.4 is 5.32 Å². The first kappa shape index (κ1) is 13.4. The van der Waals surface area contributed by atoms with E-state index in [1.165, 1.54) is 0 Å². The van der Waals surface area contributed by atoms with Crippen LogP contribution in [0.15, 0.2) is 12.3 Å². The third-order valence-electron chi connectivity index (χ3n) is 3.22. The van der Waals surface area contributed by atoms with E-state index in [2.05, 4.69) is 5.32 Å². The van der Waals surface area contributed by atoms with Gasteiger partial charge in [0.1, 0.15) is 5.69 Å². The second kappa shape index (κ2) is 5.76. The van der Waals surface area contributed by atoms with Crippen molar-refractivity contribution in [2.45, 2.75) is 44.8 Å². The summed E-state index contributed by atoms with van der Waals surface area (Å²) < 4.78 is 1.95. The van der Waals surface area contributed by atoms with Gasteiger partial charge in [-0.1, -0.05) is 18.5 Å². The highest BCUT2D eigenvalue weighted by molar-refractivity contribution is 6.31. The first-order valence-electron chi connectivity index (χ1n) is 6.45. The molecule has 2 N–H and O–H groups in total. The molecule has 4 nitrogen and oxygen atoms in total. The molecule has 0 aromatic carbocycles. The van der Waals surface area contributed by atoms with Crippen LogP contribution >= 0.6 is 11.6 Å². The number of aromatic nitrogens is 1. The molecule has 5 heteroatoms. The van der Waals surface area contributed by atoms with E-state index in [1.807, 2.05) is 17.7 Å². The number of halogens is 1. The highest BCUT2D eigenvalue weighted by Crippen LogP contribution is 2.37.